The third kappa shape index (κ3) is 2.81. The highest BCUT2D eigenvalue weighted by atomic mass is 16.6. The number of nitrogens with one attached hydrogen (secondary N) is 1. The highest BCUT2D eigenvalue weighted by Gasteiger charge is 2.18. The summed E-state index contributed by atoms with van der Waals surface area (Å²) in [5.41, 5.74) is 0.301. The van der Waals surface area contributed by atoms with Crippen LogP contribution in [0.3, 0.4) is 0 Å². The summed E-state index contributed by atoms with van der Waals surface area (Å²) in [7, 11) is 0. The van der Waals surface area contributed by atoms with Crippen LogP contribution in [0.2, 0.25) is 0 Å². The number of carbonyl (C=O) groups excluding carboxylic acids is 1. The lowest BCUT2D eigenvalue weighted by Crippen LogP contribution is -2.32. The van der Waals surface area contributed by atoms with Crippen LogP contribution in [0.1, 0.15) is 36.0 Å². The van der Waals surface area contributed by atoms with Crippen LogP contribution >= 0.6 is 0 Å². The van der Waals surface area contributed by atoms with Crippen LogP contribution in [-0.2, 0) is 0 Å². The lowest BCUT2D eigenvalue weighted by atomic mass is 10.1. The number of nitro benzene ring substituents is 1. The molecule has 0 radical (unpaired) electrons. The summed E-state index contributed by atoms with van der Waals surface area (Å²) < 4.78 is 0. The van der Waals surface area contributed by atoms with Gasteiger partial charge in [0, 0.05) is 23.7 Å². The average molecular weight is 234 g/mol. The molecule has 0 heterocycles. The Hall–Kier alpha value is -1.91. The maximum atomic E-state index is 11.8. The molecule has 1 amide bonds. The molecule has 1 aliphatic carbocycles. The Morgan fingerprint density at radius 1 is 1.35 bits per heavy atom. The van der Waals surface area contributed by atoms with E-state index in [0.717, 1.165) is 25.7 Å². The number of hydrogen-bond acceptors (Lipinski definition) is 3. The van der Waals surface area contributed by atoms with Crippen molar-refractivity contribution in [2.45, 2.75) is 31.7 Å². The van der Waals surface area contributed by atoms with E-state index in [1.807, 2.05) is 0 Å². The molecule has 1 fully saturated rings. The van der Waals surface area contributed by atoms with Gasteiger partial charge in [0.05, 0.1) is 4.92 Å². The smallest absolute Gasteiger partial charge is 0.270 e. The van der Waals surface area contributed by atoms with Crippen molar-refractivity contribution in [1.82, 2.24) is 5.32 Å². The van der Waals surface area contributed by atoms with E-state index in [2.05, 4.69) is 5.32 Å². The zero-order valence-electron chi connectivity index (χ0n) is 9.39. The molecule has 1 N–H and O–H groups in total. The monoisotopic (exact) mass is 234 g/mol. The van der Waals surface area contributed by atoms with Gasteiger partial charge in [0.1, 0.15) is 0 Å². The fourth-order valence-electron chi connectivity index (χ4n) is 2.10. The molecule has 90 valence electrons. The van der Waals surface area contributed by atoms with Crippen molar-refractivity contribution in [3.8, 4) is 0 Å². The predicted octanol–water partition coefficient (Wildman–Crippen LogP) is 2.27. The van der Waals surface area contributed by atoms with Gasteiger partial charge < -0.3 is 5.32 Å². The zero-order chi connectivity index (χ0) is 12.3. The van der Waals surface area contributed by atoms with Crippen LogP contribution in [0, 0.1) is 10.1 Å². The van der Waals surface area contributed by atoms with E-state index in [1.165, 1.54) is 18.2 Å². The van der Waals surface area contributed by atoms with Gasteiger partial charge >= 0.3 is 0 Å². The van der Waals surface area contributed by atoms with E-state index in [1.54, 1.807) is 6.07 Å². The highest BCUT2D eigenvalue weighted by molar-refractivity contribution is 5.95. The Bertz CT molecular complexity index is 439. The topological polar surface area (TPSA) is 72.2 Å². The minimum atomic E-state index is -0.494. The Labute approximate surface area is 99.0 Å². The summed E-state index contributed by atoms with van der Waals surface area (Å²) in [6.45, 7) is 0. The molecule has 2 rings (SSSR count). The molecule has 0 aromatic heterocycles. The van der Waals surface area contributed by atoms with Gasteiger partial charge in [-0.15, -0.1) is 0 Å². The lowest BCUT2D eigenvalue weighted by molar-refractivity contribution is -0.384. The lowest BCUT2D eigenvalue weighted by Gasteiger charge is -2.11. The summed E-state index contributed by atoms with van der Waals surface area (Å²) in [6, 6.07) is 6.04. The predicted molar refractivity (Wildman–Crippen MR) is 62.8 cm³/mol. The fourth-order valence-corrected chi connectivity index (χ4v) is 2.10. The molecule has 1 aromatic rings. The highest BCUT2D eigenvalue weighted by Crippen LogP contribution is 2.19. The normalized spacial score (nSPS) is 15.8. The number of nitrogens with zero attached hydrogens (tertiary/aromatic N) is 1. The number of amides is 1. The van der Waals surface area contributed by atoms with E-state index in [-0.39, 0.29) is 17.6 Å². The summed E-state index contributed by atoms with van der Waals surface area (Å²) in [4.78, 5) is 21.9. The van der Waals surface area contributed by atoms with Crippen molar-refractivity contribution in [2.24, 2.45) is 0 Å². The number of benzene rings is 1. The van der Waals surface area contributed by atoms with Crippen LogP contribution in [0.5, 0.6) is 0 Å². The van der Waals surface area contributed by atoms with Crippen LogP contribution < -0.4 is 5.32 Å². The first kappa shape index (κ1) is 11.6. The first-order valence-corrected chi connectivity index (χ1v) is 5.72. The Balaban J connectivity index is 2.07. The second-order valence-electron chi connectivity index (χ2n) is 4.26. The van der Waals surface area contributed by atoms with Crippen molar-refractivity contribution in [3.63, 3.8) is 0 Å². The Kier molecular flexibility index (Phi) is 3.37. The van der Waals surface area contributed by atoms with E-state index < -0.39 is 4.92 Å². The maximum Gasteiger partial charge on any atom is 0.270 e. The van der Waals surface area contributed by atoms with Gasteiger partial charge in [-0.1, -0.05) is 18.9 Å². The molecule has 17 heavy (non-hydrogen) atoms. The van der Waals surface area contributed by atoms with Crippen molar-refractivity contribution in [2.75, 3.05) is 0 Å². The molecule has 0 aliphatic heterocycles. The molecule has 1 saturated carbocycles. The van der Waals surface area contributed by atoms with Crippen LogP contribution in [0.4, 0.5) is 5.69 Å². The Morgan fingerprint density at radius 2 is 2.06 bits per heavy atom. The first-order valence-electron chi connectivity index (χ1n) is 5.72. The number of non-ortho nitro benzene ring substituents is 1. The van der Waals surface area contributed by atoms with Gasteiger partial charge in [-0.3, -0.25) is 14.9 Å². The second-order valence-corrected chi connectivity index (χ2v) is 4.26. The maximum absolute atomic E-state index is 11.8. The number of nitro groups is 1. The molecule has 1 aromatic carbocycles. The van der Waals surface area contributed by atoms with Crippen LogP contribution in [0.15, 0.2) is 24.3 Å². The van der Waals surface area contributed by atoms with Crippen molar-refractivity contribution in [3.05, 3.63) is 39.9 Å². The van der Waals surface area contributed by atoms with E-state index >= 15 is 0 Å². The summed E-state index contributed by atoms with van der Waals surface area (Å²) >= 11 is 0. The van der Waals surface area contributed by atoms with E-state index in [4.69, 9.17) is 0 Å². The second kappa shape index (κ2) is 4.95. The first-order chi connectivity index (χ1) is 8.16. The quantitative estimate of drug-likeness (QED) is 0.644. The molecule has 0 unspecified atom stereocenters. The molecule has 0 bridgehead atoms. The molecule has 0 spiro atoms. The zero-order valence-corrected chi connectivity index (χ0v) is 9.39. The van der Waals surface area contributed by atoms with Crippen LogP contribution in [-0.4, -0.2) is 16.9 Å². The van der Waals surface area contributed by atoms with Gasteiger partial charge in [0.2, 0.25) is 0 Å². The minimum Gasteiger partial charge on any atom is -0.349 e. The number of rotatable bonds is 3. The Morgan fingerprint density at radius 3 is 2.71 bits per heavy atom. The van der Waals surface area contributed by atoms with Crippen molar-refractivity contribution >= 4 is 11.6 Å². The molecular formula is C12H14N2O3. The number of hydrogen-bond donors (Lipinski definition) is 1. The molecule has 5 nitrogen and oxygen atoms in total. The number of carbonyl (C=O) groups is 1. The molecular weight excluding hydrogens is 220 g/mol. The summed E-state index contributed by atoms with van der Waals surface area (Å²) in [6.07, 6.45) is 4.28. The van der Waals surface area contributed by atoms with E-state index in [0.29, 0.717) is 5.56 Å². The molecule has 5 heteroatoms. The van der Waals surface area contributed by atoms with Gasteiger partial charge in [0.25, 0.3) is 11.6 Å². The van der Waals surface area contributed by atoms with E-state index in [9.17, 15) is 14.9 Å². The largest absolute Gasteiger partial charge is 0.349 e. The van der Waals surface area contributed by atoms with Crippen LogP contribution in [0.25, 0.3) is 0 Å². The third-order valence-electron chi connectivity index (χ3n) is 3.01. The molecule has 0 atom stereocenters. The van der Waals surface area contributed by atoms with Crippen molar-refractivity contribution in [1.29, 1.82) is 0 Å². The fraction of sp³-hybridized carbons (Fsp3) is 0.417. The van der Waals surface area contributed by atoms with Gasteiger partial charge in [0.15, 0.2) is 0 Å². The van der Waals surface area contributed by atoms with Gasteiger partial charge in [-0.05, 0) is 18.9 Å². The minimum absolute atomic E-state index is 0.0518. The summed E-state index contributed by atoms with van der Waals surface area (Å²) in [5, 5.41) is 13.5. The molecule has 0 saturated heterocycles. The standard InChI is InChI=1S/C12H14N2O3/c15-12(13-10-5-1-2-6-10)9-4-3-7-11(8-9)14(16)17/h3-4,7-8,10H,1-2,5-6H2,(H,13,15). The average Bonchev–Trinajstić information content (AvgIpc) is 2.82. The van der Waals surface area contributed by atoms with Crippen molar-refractivity contribution < 1.29 is 9.72 Å². The van der Waals surface area contributed by atoms with Gasteiger partial charge in [-0.25, -0.2) is 0 Å². The third-order valence-corrected chi connectivity index (χ3v) is 3.01. The molecule has 1 aliphatic rings. The SMILES string of the molecule is O=C(NC1CCCC1)c1cccc([N+](=O)[O-])c1. The summed E-state index contributed by atoms with van der Waals surface area (Å²) in [5.74, 6) is -0.222. The van der Waals surface area contributed by atoms with Gasteiger partial charge in [-0.2, -0.15) is 0 Å².